The van der Waals surface area contributed by atoms with Crippen LogP contribution in [0.4, 0.5) is 22.0 Å². The second kappa shape index (κ2) is 40.1. The molecule has 0 bridgehead atoms. The average Bonchev–Trinajstić information content (AvgIpc) is 1.80. The van der Waals surface area contributed by atoms with Crippen LogP contribution in [0, 0.1) is 49.9 Å². The summed E-state index contributed by atoms with van der Waals surface area (Å²) in [6.45, 7) is 6.07. The molecule has 11 aromatic carbocycles. The normalized spacial score (nSPS) is 10.8. The molecule has 0 aliphatic rings. The molecule has 0 saturated carbocycles. The molecule has 0 aliphatic heterocycles. The van der Waals surface area contributed by atoms with Gasteiger partial charge in [0.15, 0.2) is 6.29 Å². The van der Waals surface area contributed by atoms with Gasteiger partial charge in [-0.3, -0.25) is 29.7 Å². The second-order valence-corrected chi connectivity index (χ2v) is 29.5. The Morgan fingerprint density at radius 3 is 1.02 bits per heavy atom. The summed E-state index contributed by atoms with van der Waals surface area (Å²) in [7, 11) is 3.10. The van der Waals surface area contributed by atoms with E-state index in [1.807, 2.05) is 172 Å². The molecule has 21 aromatic rings. The predicted molar refractivity (Wildman–Crippen MR) is 489 cm³/mol. The molecule has 33 heteroatoms. The lowest BCUT2D eigenvalue weighted by molar-refractivity contribution is 0.112. The van der Waals surface area contributed by atoms with Gasteiger partial charge in [-0.1, -0.05) is 151 Å². The fourth-order valence-electron chi connectivity index (χ4n) is 14.2. The summed E-state index contributed by atoms with van der Waals surface area (Å²) < 4.78 is 82.3. The molecule has 0 radical (unpaired) electrons. The molecule has 133 heavy (non-hydrogen) atoms. The molecular weight excluding hydrogens is 1690 g/mol. The van der Waals surface area contributed by atoms with Gasteiger partial charge in [-0.05, 0) is 252 Å². The van der Waals surface area contributed by atoms with Crippen LogP contribution in [-0.2, 0) is 0 Å². The highest BCUT2D eigenvalue weighted by Crippen LogP contribution is 2.40. The summed E-state index contributed by atoms with van der Waals surface area (Å²) in [6, 6.07) is 90.5. The van der Waals surface area contributed by atoms with Crippen LogP contribution in [0.5, 0.6) is 11.5 Å². The van der Waals surface area contributed by atoms with Crippen LogP contribution in [0.1, 0.15) is 27.0 Å². The Hall–Kier alpha value is -18.3. The van der Waals surface area contributed by atoms with E-state index in [-0.39, 0.29) is 17.5 Å². The van der Waals surface area contributed by atoms with Gasteiger partial charge in [-0.25, -0.2) is 22.0 Å². The zero-order valence-electron chi connectivity index (χ0n) is 71.2. The Morgan fingerprint density at radius 2 is 0.609 bits per heavy atom. The van der Waals surface area contributed by atoms with Crippen LogP contribution in [-0.4, -0.2) is 146 Å². The van der Waals surface area contributed by atoms with Gasteiger partial charge < -0.3 is 9.47 Å². The molecule has 0 amide bonds. The number of aryl methyl sites for hydroxylation is 2. The number of pyridine rings is 5. The largest absolute Gasteiger partial charge is 0.496 e. The van der Waals surface area contributed by atoms with Gasteiger partial charge in [0.05, 0.1) is 48.2 Å². The first-order valence-electron chi connectivity index (χ1n) is 41.0. The van der Waals surface area contributed by atoms with E-state index >= 15 is 0 Å². The minimum atomic E-state index is -0.463. The average molecular weight is 1770 g/mol. The van der Waals surface area contributed by atoms with E-state index in [9.17, 15) is 26.7 Å². The summed E-state index contributed by atoms with van der Waals surface area (Å²) >= 11 is 0. The highest BCUT2D eigenvalue weighted by atomic mass is 19.1. The maximum absolute atomic E-state index is 14.4. The number of halogens is 5. The Bertz CT molecular complexity index is 7640. The van der Waals surface area contributed by atoms with Crippen molar-refractivity contribution in [3.05, 3.63) is 392 Å². The van der Waals surface area contributed by atoms with E-state index in [1.54, 1.807) is 142 Å². The quantitative estimate of drug-likeness (QED) is 0.0569. The summed E-state index contributed by atoms with van der Waals surface area (Å²) in [5.74, 6) is 1.01. The van der Waals surface area contributed by atoms with Gasteiger partial charge in [0.25, 0.3) is 0 Å². The third-order valence-corrected chi connectivity index (χ3v) is 20.6. The van der Waals surface area contributed by atoms with Crippen LogP contribution in [0.25, 0.3) is 152 Å². The lowest BCUT2D eigenvalue weighted by Gasteiger charge is -2.14. The molecule has 28 nitrogen and oxygen atoms in total. The number of carbonyl (C=O) groups is 1. The summed E-state index contributed by atoms with van der Waals surface area (Å²) in [5.41, 5.74) is 16.7. The SMILES string of the molecule is COc1cccc(OC)c1-c1cc(F)cc(-n2nnc(-c3ccccn3)n2)c1.Cc1cccc(-c2cc(F)cc(-n3nnc(-c4ccccn4)n3)c2)c1.Cc1cccc(-c2cc(F)cc(-n3nnc(-c4ccccn4)n3)c2)c1C.Fc1cc(-c2cccc3ccccc23)cc(-n2nnc(-c3ccccn3)n2)c1.O=Cc1ccccc1-c1cc(F)cc(-n2nnc(-c3ccccn3)n2)c1. The van der Waals surface area contributed by atoms with Gasteiger partial charge in [-0.2, -0.15) is 0 Å². The molecule has 0 saturated heterocycles. The molecule has 0 fully saturated rings. The lowest BCUT2D eigenvalue weighted by Crippen LogP contribution is -2.01. The Kier molecular flexibility index (Phi) is 26.2. The molecular formula is C100H72F5N25O3. The van der Waals surface area contributed by atoms with Crippen molar-refractivity contribution >= 4 is 17.1 Å². The van der Waals surface area contributed by atoms with Crippen molar-refractivity contribution in [1.29, 1.82) is 0 Å². The van der Waals surface area contributed by atoms with Crippen LogP contribution < -0.4 is 9.47 Å². The van der Waals surface area contributed by atoms with E-state index in [1.165, 1.54) is 84.6 Å². The number of aldehydes is 1. The topological polar surface area (TPSA) is 318 Å². The van der Waals surface area contributed by atoms with Crippen molar-refractivity contribution in [3.8, 4) is 153 Å². The van der Waals surface area contributed by atoms with Crippen LogP contribution in [0.15, 0.2) is 340 Å². The summed E-state index contributed by atoms with van der Waals surface area (Å²) in [6.07, 6.45) is 9.01. The zero-order valence-corrected chi connectivity index (χ0v) is 71.2. The smallest absolute Gasteiger partial charge is 0.223 e. The number of carbonyl (C=O) groups excluding carboxylic acids is 1. The van der Waals surface area contributed by atoms with Crippen molar-refractivity contribution in [2.75, 3.05) is 14.2 Å². The molecule has 21 rings (SSSR count). The van der Waals surface area contributed by atoms with E-state index in [0.717, 1.165) is 67.1 Å². The number of ether oxygens (including phenoxy) is 2. The van der Waals surface area contributed by atoms with Gasteiger partial charge in [0, 0.05) is 66.9 Å². The third kappa shape index (κ3) is 20.6. The number of fused-ring (bicyclic) bond motifs is 1. The van der Waals surface area contributed by atoms with Gasteiger partial charge in [0.1, 0.15) is 69.1 Å². The van der Waals surface area contributed by atoms with Crippen LogP contribution >= 0.6 is 0 Å². The first-order chi connectivity index (χ1) is 65.0. The highest BCUT2D eigenvalue weighted by molar-refractivity contribution is 5.97. The zero-order chi connectivity index (χ0) is 91.7. The third-order valence-electron chi connectivity index (χ3n) is 20.6. The summed E-state index contributed by atoms with van der Waals surface area (Å²) in [4.78, 5) is 38.7. The molecule has 10 heterocycles. The fraction of sp³-hybridized carbons (Fsp3) is 0.0500. The molecule has 0 spiro atoms. The molecule has 0 N–H and O–H groups in total. The first-order valence-corrected chi connectivity index (χ1v) is 41.0. The van der Waals surface area contributed by atoms with Crippen molar-refractivity contribution in [3.63, 3.8) is 0 Å². The maximum atomic E-state index is 14.4. The maximum Gasteiger partial charge on any atom is 0.223 e. The number of hydrogen-bond donors (Lipinski definition) is 0. The van der Waals surface area contributed by atoms with Gasteiger partial charge in [0.2, 0.25) is 29.1 Å². The molecule has 0 atom stereocenters. The molecule has 0 aliphatic carbocycles. The first kappa shape index (κ1) is 86.8. The Labute approximate surface area is 755 Å². The van der Waals surface area contributed by atoms with E-state index in [0.29, 0.717) is 125 Å². The molecule has 0 unspecified atom stereocenters. The standard InChI is InChI=1S/C22H14FN5.C20H16FN5O2.C20H16FN5.C19H12FN5O.C19H14FN5/c23-17-12-16(20-9-5-7-15-6-1-2-8-19(15)20)13-18(14-17)28-26-22(25-27-28)21-10-3-4-11-24-21;1-27-17-7-5-8-18(28-2)19(17)13-10-14(21)12-15(11-13)26-24-20(23-25-26)16-6-3-4-9-22-16;1-13-6-5-7-18(14(13)2)15-10-16(21)12-17(11-15)26-24-20(23-25-26)19-8-3-4-9-22-19;20-15-9-14(17-6-2-1-5-13(17)12-26)10-16(11-15)25-23-19(22-24-25)18-7-3-4-8-21-18;1-13-5-4-6-14(9-13)15-10-16(20)12-17(11-15)25-23-19(22-24-25)18-7-2-3-8-21-18/h1-14H;3-12H,1-2H3;3-12H,1-2H3;1-12H;2-12H,1H3. The number of hydrogen-bond acceptors (Lipinski definition) is 23. The number of methoxy groups -OCH3 is 2. The van der Waals surface area contributed by atoms with E-state index in [2.05, 4.69) is 102 Å². The lowest BCUT2D eigenvalue weighted by atomic mass is 9.97. The Balaban J connectivity index is 0.000000116. The van der Waals surface area contributed by atoms with Crippen molar-refractivity contribution in [2.24, 2.45) is 0 Å². The highest BCUT2D eigenvalue weighted by Gasteiger charge is 2.21. The van der Waals surface area contributed by atoms with Gasteiger partial charge >= 0.3 is 0 Å². The number of aromatic nitrogens is 25. The molecule has 650 valence electrons. The number of nitrogens with zero attached hydrogens (tertiary/aromatic N) is 25. The van der Waals surface area contributed by atoms with Gasteiger partial charge in [-0.15, -0.1) is 75.0 Å². The van der Waals surface area contributed by atoms with E-state index < -0.39 is 11.6 Å². The molecule has 10 aromatic heterocycles. The van der Waals surface area contributed by atoms with Crippen LogP contribution in [0.3, 0.4) is 0 Å². The van der Waals surface area contributed by atoms with Crippen molar-refractivity contribution < 1.29 is 36.2 Å². The number of tetrazole rings is 5. The van der Waals surface area contributed by atoms with E-state index in [4.69, 9.17) is 9.47 Å². The monoisotopic (exact) mass is 1770 g/mol. The van der Waals surface area contributed by atoms with Crippen molar-refractivity contribution in [2.45, 2.75) is 20.8 Å². The predicted octanol–water partition coefficient (Wildman–Crippen LogP) is 19.6. The van der Waals surface area contributed by atoms with Crippen molar-refractivity contribution in [1.82, 2.24) is 126 Å². The minimum absolute atomic E-state index is 0.338. The Morgan fingerprint density at radius 1 is 0.286 bits per heavy atom. The number of rotatable bonds is 18. The number of benzene rings is 11. The fourth-order valence-corrected chi connectivity index (χ4v) is 14.2. The summed E-state index contributed by atoms with van der Waals surface area (Å²) in [5, 5.41) is 63.9. The van der Waals surface area contributed by atoms with Crippen LogP contribution in [0.2, 0.25) is 0 Å². The minimum Gasteiger partial charge on any atom is -0.496 e. The second-order valence-electron chi connectivity index (χ2n) is 29.5.